The summed E-state index contributed by atoms with van der Waals surface area (Å²) >= 11 is 0. The topological polar surface area (TPSA) is 75.7 Å². The number of nitrogens with zero attached hydrogens (tertiary/aromatic N) is 1. The molecule has 1 aliphatic rings. The Hall–Kier alpha value is -1.59. The Kier molecular flexibility index (Phi) is 5.12. The summed E-state index contributed by atoms with van der Waals surface area (Å²) in [4.78, 5) is 36.1. The van der Waals surface area contributed by atoms with E-state index in [1.807, 2.05) is 13.8 Å². The van der Waals surface area contributed by atoms with Gasteiger partial charge < -0.3 is 15.0 Å². The Labute approximate surface area is 107 Å². The van der Waals surface area contributed by atoms with Crippen molar-refractivity contribution in [3.8, 4) is 0 Å². The van der Waals surface area contributed by atoms with E-state index in [2.05, 4.69) is 10.1 Å². The summed E-state index contributed by atoms with van der Waals surface area (Å²) in [5, 5.41) is 2.67. The van der Waals surface area contributed by atoms with Gasteiger partial charge >= 0.3 is 5.97 Å². The third-order valence-corrected chi connectivity index (χ3v) is 3.05. The molecule has 1 saturated heterocycles. The molecule has 1 fully saturated rings. The molecule has 1 unspecified atom stereocenters. The molecule has 0 bridgehead atoms. The lowest BCUT2D eigenvalue weighted by Crippen LogP contribution is -2.48. The van der Waals surface area contributed by atoms with Crippen LogP contribution in [0, 0.1) is 5.92 Å². The average Bonchev–Trinajstić information content (AvgIpc) is 2.35. The largest absolute Gasteiger partial charge is 0.468 e. The summed E-state index contributed by atoms with van der Waals surface area (Å²) in [6.45, 7) is 4.00. The molecule has 0 aliphatic carbocycles. The Morgan fingerprint density at radius 3 is 2.61 bits per heavy atom. The van der Waals surface area contributed by atoms with Gasteiger partial charge in [0.15, 0.2) is 0 Å². The van der Waals surface area contributed by atoms with Crippen molar-refractivity contribution in [2.75, 3.05) is 20.2 Å². The van der Waals surface area contributed by atoms with Gasteiger partial charge in [0.25, 0.3) is 0 Å². The van der Waals surface area contributed by atoms with Crippen LogP contribution in [0.15, 0.2) is 0 Å². The highest BCUT2D eigenvalue weighted by atomic mass is 16.5. The number of esters is 1. The fourth-order valence-electron chi connectivity index (χ4n) is 1.90. The zero-order chi connectivity index (χ0) is 13.7. The number of ether oxygens (including phenoxy) is 1. The Bertz CT molecular complexity index is 331. The summed E-state index contributed by atoms with van der Waals surface area (Å²) < 4.78 is 4.58. The maximum atomic E-state index is 12.3. The first-order valence-electron chi connectivity index (χ1n) is 6.09. The van der Waals surface area contributed by atoms with Gasteiger partial charge in [0.05, 0.1) is 13.0 Å². The molecule has 1 atom stereocenters. The van der Waals surface area contributed by atoms with E-state index in [1.54, 1.807) is 0 Å². The van der Waals surface area contributed by atoms with Crippen LogP contribution in [0.25, 0.3) is 0 Å². The summed E-state index contributed by atoms with van der Waals surface area (Å²) in [5.74, 6) is -0.801. The Balaban J connectivity index is 2.64. The highest BCUT2D eigenvalue weighted by molar-refractivity contribution is 5.86. The standard InChI is InChI=1S/C12H20N2O4/c1-8(2)14(7-11(16)18-3)12(17)9-4-5-10(15)13-6-9/h8-9H,4-7H2,1-3H3,(H,13,15). The molecule has 0 aromatic rings. The molecule has 1 rings (SSSR count). The highest BCUT2D eigenvalue weighted by Crippen LogP contribution is 2.15. The number of rotatable bonds is 4. The number of nitrogens with one attached hydrogen (secondary N) is 1. The van der Waals surface area contributed by atoms with Gasteiger partial charge in [-0.2, -0.15) is 0 Å². The zero-order valence-corrected chi connectivity index (χ0v) is 11.1. The number of carbonyl (C=O) groups excluding carboxylic acids is 3. The molecule has 2 amide bonds. The van der Waals surface area contributed by atoms with E-state index in [9.17, 15) is 14.4 Å². The molecule has 1 N–H and O–H groups in total. The van der Waals surface area contributed by atoms with Gasteiger partial charge in [-0.1, -0.05) is 0 Å². The van der Waals surface area contributed by atoms with Gasteiger partial charge in [-0.15, -0.1) is 0 Å². The molecule has 0 aromatic heterocycles. The number of hydrogen-bond donors (Lipinski definition) is 1. The molecule has 0 aromatic carbocycles. The van der Waals surface area contributed by atoms with Gasteiger partial charge in [-0.3, -0.25) is 14.4 Å². The lowest BCUT2D eigenvalue weighted by atomic mass is 9.97. The van der Waals surface area contributed by atoms with Crippen molar-refractivity contribution in [2.45, 2.75) is 32.7 Å². The van der Waals surface area contributed by atoms with Crippen LogP contribution in [-0.2, 0) is 19.1 Å². The molecule has 0 saturated carbocycles. The molecule has 18 heavy (non-hydrogen) atoms. The van der Waals surface area contributed by atoms with Crippen molar-refractivity contribution in [1.82, 2.24) is 10.2 Å². The highest BCUT2D eigenvalue weighted by Gasteiger charge is 2.30. The minimum absolute atomic E-state index is 0.0249. The molecule has 6 heteroatoms. The van der Waals surface area contributed by atoms with E-state index >= 15 is 0 Å². The molecule has 102 valence electrons. The van der Waals surface area contributed by atoms with Crippen LogP contribution in [0.5, 0.6) is 0 Å². The molecule has 1 aliphatic heterocycles. The molecule has 0 radical (unpaired) electrons. The first-order valence-corrected chi connectivity index (χ1v) is 6.09. The van der Waals surface area contributed by atoms with Crippen LogP contribution < -0.4 is 5.32 Å². The van der Waals surface area contributed by atoms with E-state index < -0.39 is 5.97 Å². The summed E-state index contributed by atoms with van der Waals surface area (Å²) in [5.41, 5.74) is 0. The third kappa shape index (κ3) is 3.72. The quantitative estimate of drug-likeness (QED) is 0.714. The fourth-order valence-corrected chi connectivity index (χ4v) is 1.90. The average molecular weight is 256 g/mol. The van der Waals surface area contributed by atoms with Gasteiger partial charge in [-0.05, 0) is 20.3 Å². The van der Waals surface area contributed by atoms with E-state index in [4.69, 9.17) is 0 Å². The van der Waals surface area contributed by atoms with Crippen molar-refractivity contribution in [3.05, 3.63) is 0 Å². The molecule has 0 spiro atoms. The predicted octanol–water partition coefficient (Wildman–Crippen LogP) is -0.0774. The van der Waals surface area contributed by atoms with Crippen LogP contribution >= 0.6 is 0 Å². The van der Waals surface area contributed by atoms with Gasteiger partial charge in [0.2, 0.25) is 11.8 Å². The van der Waals surface area contributed by atoms with Crippen LogP contribution in [0.4, 0.5) is 0 Å². The number of hydrogen-bond acceptors (Lipinski definition) is 4. The maximum Gasteiger partial charge on any atom is 0.325 e. The second-order valence-electron chi connectivity index (χ2n) is 4.68. The van der Waals surface area contributed by atoms with Crippen LogP contribution in [-0.4, -0.2) is 48.9 Å². The minimum Gasteiger partial charge on any atom is -0.468 e. The van der Waals surface area contributed by atoms with Crippen LogP contribution in [0.2, 0.25) is 0 Å². The first kappa shape index (κ1) is 14.5. The second-order valence-corrected chi connectivity index (χ2v) is 4.68. The minimum atomic E-state index is -0.433. The van der Waals surface area contributed by atoms with Crippen molar-refractivity contribution in [2.24, 2.45) is 5.92 Å². The van der Waals surface area contributed by atoms with Crippen molar-refractivity contribution >= 4 is 17.8 Å². The van der Waals surface area contributed by atoms with E-state index in [0.29, 0.717) is 19.4 Å². The maximum absolute atomic E-state index is 12.3. The summed E-state index contributed by atoms with van der Waals surface area (Å²) in [6, 6.07) is -0.0748. The van der Waals surface area contributed by atoms with Gasteiger partial charge in [0, 0.05) is 19.0 Å². The zero-order valence-electron chi connectivity index (χ0n) is 11.1. The lowest BCUT2D eigenvalue weighted by molar-refractivity contribution is -0.150. The number of piperidine rings is 1. The van der Waals surface area contributed by atoms with Crippen molar-refractivity contribution in [3.63, 3.8) is 0 Å². The molecular weight excluding hydrogens is 236 g/mol. The summed E-state index contributed by atoms with van der Waals surface area (Å²) in [7, 11) is 1.30. The van der Waals surface area contributed by atoms with Gasteiger partial charge in [0.1, 0.15) is 6.54 Å². The van der Waals surface area contributed by atoms with E-state index in [0.717, 1.165) is 0 Å². The van der Waals surface area contributed by atoms with Crippen molar-refractivity contribution in [1.29, 1.82) is 0 Å². The normalized spacial score (nSPS) is 19.3. The van der Waals surface area contributed by atoms with Crippen LogP contribution in [0.1, 0.15) is 26.7 Å². The molecule has 6 nitrogen and oxygen atoms in total. The van der Waals surface area contributed by atoms with Gasteiger partial charge in [-0.25, -0.2) is 0 Å². The molecular formula is C12H20N2O4. The monoisotopic (exact) mass is 256 g/mol. The van der Waals surface area contributed by atoms with Crippen LogP contribution in [0.3, 0.4) is 0 Å². The predicted molar refractivity (Wildman–Crippen MR) is 64.6 cm³/mol. The summed E-state index contributed by atoms with van der Waals surface area (Å²) in [6.07, 6.45) is 0.898. The first-order chi connectivity index (χ1) is 8.45. The Morgan fingerprint density at radius 1 is 1.50 bits per heavy atom. The number of carbonyl (C=O) groups is 3. The Morgan fingerprint density at radius 2 is 2.17 bits per heavy atom. The van der Waals surface area contributed by atoms with E-state index in [-0.39, 0.29) is 30.3 Å². The number of methoxy groups -OCH3 is 1. The fraction of sp³-hybridized carbons (Fsp3) is 0.750. The van der Waals surface area contributed by atoms with Crippen molar-refractivity contribution < 1.29 is 19.1 Å². The molecule has 1 heterocycles. The number of amides is 2. The smallest absolute Gasteiger partial charge is 0.325 e. The third-order valence-electron chi connectivity index (χ3n) is 3.05. The second kappa shape index (κ2) is 6.37. The SMILES string of the molecule is COC(=O)CN(C(=O)C1CCC(=O)NC1)C(C)C. The lowest BCUT2D eigenvalue weighted by Gasteiger charge is -2.31. The van der Waals surface area contributed by atoms with E-state index in [1.165, 1.54) is 12.0 Å².